The molecule has 78 valence electrons. The van der Waals surface area contributed by atoms with Gasteiger partial charge in [-0.25, -0.2) is 4.79 Å². The van der Waals surface area contributed by atoms with Crippen LogP contribution in [0.15, 0.2) is 22.8 Å². The fourth-order valence-corrected chi connectivity index (χ4v) is 1.60. The number of anilines is 1. The van der Waals surface area contributed by atoms with Crippen molar-refractivity contribution in [3.8, 4) is 0 Å². The summed E-state index contributed by atoms with van der Waals surface area (Å²) in [6.07, 6.45) is 1.52. The van der Waals surface area contributed by atoms with Gasteiger partial charge in [0.1, 0.15) is 5.58 Å². The van der Waals surface area contributed by atoms with Gasteiger partial charge in [0.15, 0.2) is 0 Å². The SMILES string of the molecule is COC(=O)c1c(C)c(N)cc2occc12. The van der Waals surface area contributed by atoms with Gasteiger partial charge in [-0.3, -0.25) is 0 Å². The van der Waals surface area contributed by atoms with Gasteiger partial charge in [-0.2, -0.15) is 0 Å². The van der Waals surface area contributed by atoms with Crippen LogP contribution in [0.4, 0.5) is 5.69 Å². The first kappa shape index (κ1) is 9.58. The van der Waals surface area contributed by atoms with Crippen LogP contribution in [0.25, 0.3) is 11.0 Å². The van der Waals surface area contributed by atoms with Gasteiger partial charge in [0, 0.05) is 17.1 Å². The minimum Gasteiger partial charge on any atom is -0.465 e. The van der Waals surface area contributed by atoms with Crippen molar-refractivity contribution in [1.82, 2.24) is 0 Å². The maximum atomic E-state index is 11.6. The first-order valence-corrected chi connectivity index (χ1v) is 4.49. The molecule has 0 saturated heterocycles. The van der Waals surface area contributed by atoms with Crippen molar-refractivity contribution in [3.05, 3.63) is 29.5 Å². The third-order valence-electron chi connectivity index (χ3n) is 2.45. The molecular formula is C11H11NO3. The molecule has 1 aromatic carbocycles. The van der Waals surface area contributed by atoms with E-state index in [1.54, 1.807) is 19.1 Å². The van der Waals surface area contributed by atoms with Crippen LogP contribution >= 0.6 is 0 Å². The average molecular weight is 205 g/mol. The number of esters is 1. The largest absolute Gasteiger partial charge is 0.465 e. The monoisotopic (exact) mass is 205 g/mol. The smallest absolute Gasteiger partial charge is 0.338 e. The van der Waals surface area contributed by atoms with Crippen molar-refractivity contribution in [2.45, 2.75) is 6.92 Å². The van der Waals surface area contributed by atoms with Gasteiger partial charge in [-0.15, -0.1) is 0 Å². The van der Waals surface area contributed by atoms with Gasteiger partial charge < -0.3 is 14.9 Å². The fourth-order valence-electron chi connectivity index (χ4n) is 1.60. The van der Waals surface area contributed by atoms with Crippen molar-refractivity contribution in [3.63, 3.8) is 0 Å². The van der Waals surface area contributed by atoms with E-state index in [0.29, 0.717) is 16.8 Å². The van der Waals surface area contributed by atoms with Crippen LogP contribution in [0.1, 0.15) is 15.9 Å². The molecule has 2 N–H and O–H groups in total. The Bertz CT molecular complexity index is 528. The second kappa shape index (κ2) is 3.31. The van der Waals surface area contributed by atoms with Gasteiger partial charge in [0.25, 0.3) is 0 Å². The van der Waals surface area contributed by atoms with E-state index in [4.69, 9.17) is 14.9 Å². The number of furan rings is 1. The van der Waals surface area contributed by atoms with E-state index in [-0.39, 0.29) is 0 Å². The highest BCUT2D eigenvalue weighted by atomic mass is 16.5. The van der Waals surface area contributed by atoms with Crippen molar-refractivity contribution >= 4 is 22.6 Å². The summed E-state index contributed by atoms with van der Waals surface area (Å²) in [5, 5.41) is 0.730. The lowest BCUT2D eigenvalue weighted by Gasteiger charge is -2.07. The topological polar surface area (TPSA) is 65.5 Å². The predicted molar refractivity (Wildman–Crippen MR) is 56.7 cm³/mol. The highest BCUT2D eigenvalue weighted by molar-refractivity contribution is 6.06. The zero-order chi connectivity index (χ0) is 11.0. The number of carbonyl (C=O) groups is 1. The number of hydrogen-bond donors (Lipinski definition) is 1. The lowest BCUT2D eigenvalue weighted by atomic mass is 10.0. The molecule has 4 heteroatoms. The predicted octanol–water partition coefficient (Wildman–Crippen LogP) is 2.11. The summed E-state index contributed by atoms with van der Waals surface area (Å²) in [6.45, 7) is 1.79. The van der Waals surface area contributed by atoms with Gasteiger partial charge in [-0.05, 0) is 18.6 Å². The van der Waals surface area contributed by atoms with Crippen molar-refractivity contribution in [2.75, 3.05) is 12.8 Å². The van der Waals surface area contributed by atoms with Gasteiger partial charge >= 0.3 is 5.97 Å². The Morgan fingerprint density at radius 3 is 2.93 bits per heavy atom. The molecule has 0 radical (unpaired) electrons. The minimum atomic E-state index is -0.397. The Balaban J connectivity index is 2.83. The van der Waals surface area contributed by atoms with E-state index in [9.17, 15) is 4.79 Å². The summed E-state index contributed by atoms with van der Waals surface area (Å²) in [7, 11) is 1.34. The second-order valence-corrected chi connectivity index (χ2v) is 3.29. The number of fused-ring (bicyclic) bond motifs is 1. The van der Waals surface area contributed by atoms with Crippen LogP contribution in [0.5, 0.6) is 0 Å². The molecule has 2 rings (SSSR count). The average Bonchev–Trinajstić information content (AvgIpc) is 2.66. The van der Waals surface area contributed by atoms with Crippen LogP contribution in [-0.2, 0) is 4.74 Å². The Kier molecular flexibility index (Phi) is 2.11. The summed E-state index contributed by atoms with van der Waals surface area (Å²) in [5.74, 6) is -0.397. The van der Waals surface area contributed by atoms with Crippen LogP contribution < -0.4 is 5.73 Å². The molecule has 0 aliphatic carbocycles. The Morgan fingerprint density at radius 1 is 1.53 bits per heavy atom. The molecule has 0 unspecified atom stereocenters. The molecule has 0 spiro atoms. The molecule has 15 heavy (non-hydrogen) atoms. The highest BCUT2D eigenvalue weighted by Gasteiger charge is 2.17. The summed E-state index contributed by atoms with van der Waals surface area (Å²) in [5.41, 5.74) is 8.08. The standard InChI is InChI=1S/C11H11NO3/c1-6-8(12)5-9-7(3-4-15-9)10(6)11(13)14-2/h3-5H,12H2,1-2H3. The Labute approximate surface area is 86.6 Å². The number of rotatable bonds is 1. The zero-order valence-electron chi connectivity index (χ0n) is 8.53. The van der Waals surface area contributed by atoms with Crippen LogP contribution in [0, 0.1) is 6.92 Å². The highest BCUT2D eigenvalue weighted by Crippen LogP contribution is 2.28. The Hall–Kier alpha value is -1.97. The molecule has 1 heterocycles. The summed E-state index contributed by atoms with van der Waals surface area (Å²) in [4.78, 5) is 11.6. The molecule has 1 aromatic heterocycles. The van der Waals surface area contributed by atoms with Gasteiger partial charge in [-0.1, -0.05) is 0 Å². The van der Waals surface area contributed by atoms with Crippen molar-refractivity contribution in [1.29, 1.82) is 0 Å². The molecule has 0 atom stereocenters. The third kappa shape index (κ3) is 1.34. The maximum Gasteiger partial charge on any atom is 0.338 e. The number of methoxy groups -OCH3 is 1. The lowest BCUT2D eigenvalue weighted by molar-refractivity contribution is 0.0602. The summed E-state index contributed by atoms with van der Waals surface area (Å²) in [6, 6.07) is 3.44. The molecule has 0 amide bonds. The minimum absolute atomic E-state index is 0.397. The summed E-state index contributed by atoms with van der Waals surface area (Å²) < 4.78 is 9.91. The van der Waals surface area contributed by atoms with Gasteiger partial charge in [0.2, 0.25) is 0 Å². The van der Waals surface area contributed by atoms with Crippen LogP contribution in [-0.4, -0.2) is 13.1 Å². The molecule has 0 fully saturated rings. The van der Waals surface area contributed by atoms with E-state index >= 15 is 0 Å². The van der Waals surface area contributed by atoms with Crippen molar-refractivity contribution < 1.29 is 13.9 Å². The molecule has 0 aliphatic rings. The van der Waals surface area contributed by atoms with E-state index in [1.165, 1.54) is 13.4 Å². The molecule has 0 saturated carbocycles. The molecule has 0 aliphatic heterocycles. The molecule has 0 bridgehead atoms. The van der Waals surface area contributed by atoms with Crippen LogP contribution in [0.3, 0.4) is 0 Å². The fraction of sp³-hybridized carbons (Fsp3) is 0.182. The molecular weight excluding hydrogens is 194 g/mol. The second-order valence-electron chi connectivity index (χ2n) is 3.29. The number of hydrogen-bond acceptors (Lipinski definition) is 4. The normalized spacial score (nSPS) is 10.5. The van der Waals surface area contributed by atoms with E-state index in [2.05, 4.69) is 0 Å². The Morgan fingerprint density at radius 2 is 2.27 bits per heavy atom. The number of ether oxygens (including phenoxy) is 1. The number of nitrogen functional groups attached to an aromatic ring is 1. The number of carbonyl (C=O) groups excluding carboxylic acids is 1. The van der Waals surface area contributed by atoms with E-state index < -0.39 is 5.97 Å². The quantitative estimate of drug-likeness (QED) is 0.572. The van der Waals surface area contributed by atoms with E-state index in [1.807, 2.05) is 0 Å². The van der Waals surface area contributed by atoms with E-state index in [0.717, 1.165) is 10.9 Å². The number of nitrogens with two attached hydrogens (primary N) is 1. The first-order valence-electron chi connectivity index (χ1n) is 4.49. The van der Waals surface area contributed by atoms with Crippen molar-refractivity contribution in [2.24, 2.45) is 0 Å². The maximum absolute atomic E-state index is 11.6. The zero-order valence-corrected chi connectivity index (χ0v) is 8.53. The van der Waals surface area contributed by atoms with Crippen LogP contribution in [0.2, 0.25) is 0 Å². The lowest BCUT2D eigenvalue weighted by Crippen LogP contribution is -2.06. The molecule has 2 aromatic rings. The summed E-state index contributed by atoms with van der Waals surface area (Å²) >= 11 is 0. The number of benzene rings is 1. The molecule has 4 nitrogen and oxygen atoms in total. The van der Waals surface area contributed by atoms with Gasteiger partial charge in [0.05, 0.1) is 18.9 Å². The third-order valence-corrected chi connectivity index (χ3v) is 2.45. The first-order chi connectivity index (χ1) is 7.15.